The van der Waals surface area contributed by atoms with Gasteiger partial charge in [0.2, 0.25) is 0 Å². The number of aliphatic hydroxyl groups is 1. The quantitative estimate of drug-likeness (QED) is 0.810. The number of carbonyl (C=O) groups is 1. The molecule has 1 aromatic rings. The zero-order chi connectivity index (χ0) is 12.3. The number of ketones is 1. The van der Waals surface area contributed by atoms with Gasteiger partial charge >= 0.3 is 0 Å². The predicted molar refractivity (Wildman–Crippen MR) is 68.5 cm³/mol. The van der Waals surface area contributed by atoms with E-state index in [9.17, 15) is 4.79 Å². The second kappa shape index (κ2) is 5.32. The molecule has 0 bridgehead atoms. The number of para-hydroxylation sites is 1. The molecule has 1 aliphatic heterocycles. The summed E-state index contributed by atoms with van der Waals surface area (Å²) in [5.74, 6) is 0.535. The molecule has 1 saturated heterocycles. The van der Waals surface area contributed by atoms with Crippen LogP contribution in [0.4, 0.5) is 5.69 Å². The van der Waals surface area contributed by atoms with Gasteiger partial charge in [-0.25, -0.2) is 0 Å². The molecule has 0 saturated carbocycles. The third-order valence-corrected chi connectivity index (χ3v) is 3.41. The summed E-state index contributed by atoms with van der Waals surface area (Å²) >= 11 is 0. The van der Waals surface area contributed by atoms with E-state index in [1.165, 1.54) is 0 Å². The van der Waals surface area contributed by atoms with Gasteiger partial charge in [-0.3, -0.25) is 4.79 Å². The fourth-order valence-corrected chi connectivity index (χ4v) is 2.38. The molecule has 1 heterocycles. The Kier molecular flexibility index (Phi) is 3.79. The Morgan fingerprint density at radius 2 is 2.24 bits per heavy atom. The van der Waals surface area contributed by atoms with Gasteiger partial charge in [0.15, 0.2) is 5.78 Å². The Balaban J connectivity index is 2.23. The van der Waals surface area contributed by atoms with Crippen molar-refractivity contribution in [1.29, 1.82) is 0 Å². The maximum absolute atomic E-state index is 11.9. The summed E-state index contributed by atoms with van der Waals surface area (Å²) in [5.41, 5.74) is 1.84. The minimum atomic E-state index is 0.188. The third-order valence-electron chi connectivity index (χ3n) is 3.41. The lowest BCUT2D eigenvalue weighted by Gasteiger charge is -2.21. The van der Waals surface area contributed by atoms with Gasteiger partial charge in [-0.15, -0.1) is 0 Å². The Bertz CT molecular complexity index is 403. The zero-order valence-corrected chi connectivity index (χ0v) is 10.2. The molecule has 1 aliphatic rings. The van der Waals surface area contributed by atoms with Gasteiger partial charge in [-0.2, -0.15) is 0 Å². The number of Topliss-reactive ketones (excluding diaryl/α,β-unsaturated/α-hetero) is 1. The van der Waals surface area contributed by atoms with Gasteiger partial charge in [-0.1, -0.05) is 19.1 Å². The number of hydrogen-bond acceptors (Lipinski definition) is 3. The Morgan fingerprint density at radius 3 is 2.88 bits per heavy atom. The van der Waals surface area contributed by atoms with Crippen LogP contribution in [0.25, 0.3) is 0 Å². The highest BCUT2D eigenvalue weighted by atomic mass is 16.3. The zero-order valence-electron chi connectivity index (χ0n) is 10.2. The molecule has 1 aromatic carbocycles. The van der Waals surface area contributed by atoms with Crippen molar-refractivity contribution >= 4 is 11.5 Å². The minimum Gasteiger partial charge on any atom is -0.396 e. The van der Waals surface area contributed by atoms with Crippen molar-refractivity contribution in [2.75, 3.05) is 24.6 Å². The first-order chi connectivity index (χ1) is 8.26. The van der Waals surface area contributed by atoms with Gasteiger partial charge in [0.05, 0.1) is 0 Å². The molecule has 3 heteroatoms. The Labute approximate surface area is 102 Å². The SMILES string of the molecule is CCC(=O)c1ccccc1N1CCC(CO)C1. The van der Waals surface area contributed by atoms with E-state index < -0.39 is 0 Å². The highest BCUT2D eigenvalue weighted by Crippen LogP contribution is 2.27. The first kappa shape index (κ1) is 12.1. The van der Waals surface area contributed by atoms with Crippen LogP contribution in [0.1, 0.15) is 30.1 Å². The number of nitrogens with zero attached hydrogens (tertiary/aromatic N) is 1. The van der Waals surface area contributed by atoms with Crippen LogP contribution >= 0.6 is 0 Å². The average molecular weight is 233 g/mol. The Hall–Kier alpha value is -1.35. The van der Waals surface area contributed by atoms with Crippen molar-refractivity contribution in [1.82, 2.24) is 0 Å². The van der Waals surface area contributed by atoms with Crippen molar-refractivity contribution in [3.63, 3.8) is 0 Å². The van der Waals surface area contributed by atoms with E-state index in [1.54, 1.807) is 0 Å². The van der Waals surface area contributed by atoms with Crippen LogP contribution in [0, 0.1) is 5.92 Å². The molecular weight excluding hydrogens is 214 g/mol. The first-order valence-electron chi connectivity index (χ1n) is 6.24. The number of hydrogen-bond donors (Lipinski definition) is 1. The highest BCUT2D eigenvalue weighted by Gasteiger charge is 2.24. The fourth-order valence-electron chi connectivity index (χ4n) is 2.38. The molecule has 92 valence electrons. The number of rotatable bonds is 4. The molecule has 3 nitrogen and oxygen atoms in total. The molecule has 1 N–H and O–H groups in total. The number of aliphatic hydroxyl groups excluding tert-OH is 1. The van der Waals surface area contributed by atoms with Crippen LogP contribution in [0.5, 0.6) is 0 Å². The van der Waals surface area contributed by atoms with E-state index >= 15 is 0 Å². The van der Waals surface area contributed by atoms with Crippen LogP contribution in [0.2, 0.25) is 0 Å². The van der Waals surface area contributed by atoms with Gasteiger partial charge in [0.1, 0.15) is 0 Å². The normalized spacial score (nSPS) is 19.6. The summed E-state index contributed by atoms with van der Waals surface area (Å²) in [6.45, 7) is 3.91. The lowest BCUT2D eigenvalue weighted by Crippen LogP contribution is -2.22. The molecule has 1 unspecified atom stereocenters. The fraction of sp³-hybridized carbons (Fsp3) is 0.500. The Morgan fingerprint density at radius 1 is 1.47 bits per heavy atom. The van der Waals surface area contributed by atoms with Gasteiger partial charge in [-0.05, 0) is 18.6 Å². The van der Waals surface area contributed by atoms with E-state index in [4.69, 9.17) is 5.11 Å². The summed E-state index contributed by atoms with van der Waals surface area (Å²) < 4.78 is 0. The minimum absolute atomic E-state index is 0.188. The van der Waals surface area contributed by atoms with Crippen LogP contribution in [0.15, 0.2) is 24.3 Å². The van der Waals surface area contributed by atoms with Gasteiger partial charge in [0.25, 0.3) is 0 Å². The molecule has 0 amide bonds. The second-order valence-electron chi connectivity index (χ2n) is 4.58. The maximum atomic E-state index is 11.9. The van der Waals surface area contributed by atoms with E-state index in [2.05, 4.69) is 4.90 Å². The smallest absolute Gasteiger partial charge is 0.164 e. The average Bonchev–Trinajstić information content (AvgIpc) is 2.86. The van der Waals surface area contributed by atoms with Crippen LogP contribution < -0.4 is 4.90 Å². The lowest BCUT2D eigenvalue weighted by molar-refractivity contribution is 0.0988. The van der Waals surface area contributed by atoms with Gasteiger partial charge in [0, 0.05) is 43.3 Å². The van der Waals surface area contributed by atoms with Crippen molar-refractivity contribution in [2.24, 2.45) is 5.92 Å². The molecule has 1 fully saturated rings. The van der Waals surface area contributed by atoms with Crippen LogP contribution in [-0.4, -0.2) is 30.6 Å². The molecule has 0 spiro atoms. The number of benzene rings is 1. The summed E-state index contributed by atoms with van der Waals surface area (Å²) in [4.78, 5) is 14.1. The molecule has 17 heavy (non-hydrogen) atoms. The largest absolute Gasteiger partial charge is 0.396 e. The summed E-state index contributed by atoms with van der Waals surface area (Å²) in [7, 11) is 0. The standard InChI is InChI=1S/C14H19NO2/c1-2-14(17)12-5-3-4-6-13(12)15-8-7-11(9-15)10-16/h3-6,11,16H,2,7-10H2,1H3. The molecule has 0 radical (unpaired) electrons. The molecule has 1 atom stereocenters. The van der Waals surface area contributed by atoms with Crippen molar-refractivity contribution < 1.29 is 9.90 Å². The van der Waals surface area contributed by atoms with Gasteiger partial charge < -0.3 is 10.0 Å². The highest BCUT2D eigenvalue weighted by molar-refractivity contribution is 6.01. The summed E-state index contributed by atoms with van der Waals surface area (Å²) in [6.07, 6.45) is 1.54. The van der Waals surface area contributed by atoms with Crippen molar-refractivity contribution in [3.8, 4) is 0 Å². The van der Waals surface area contributed by atoms with E-state index in [1.807, 2.05) is 31.2 Å². The second-order valence-corrected chi connectivity index (χ2v) is 4.58. The van der Waals surface area contributed by atoms with E-state index in [-0.39, 0.29) is 12.4 Å². The first-order valence-corrected chi connectivity index (χ1v) is 6.24. The third kappa shape index (κ3) is 2.50. The molecular formula is C14H19NO2. The maximum Gasteiger partial charge on any atom is 0.164 e. The van der Waals surface area contributed by atoms with E-state index in [0.29, 0.717) is 12.3 Å². The number of carbonyl (C=O) groups excluding carboxylic acids is 1. The molecule has 2 rings (SSSR count). The summed E-state index contributed by atoms with van der Waals surface area (Å²) in [6, 6.07) is 7.77. The van der Waals surface area contributed by atoms with Crippen molar-refractivity contribution in [2.45, 2.75) is 19.8 Å². The molecule has 0 aromatic heterocycles. The van der Waals surface area contributed by atoms with Crippen molar-refractivity contribution in [3.05, 3.63) is 29.8 Å². The predicted octanol–water partition coefficient (Wildman–Crippen LogP) is 2.10. The van der Waals surface area contributed by atoms with Crippen LogP contribution in [0.3, 0.4) is 0 Å². The topological polar surface area (TPSA) is 40.5 Å². The number of anilines is 1. The lowest BCUT2D eigenvalue weighted by atomic mass is 10.1. The molecule has 0 aliphatic carbocycles. The van der Waals surface area contributed by atoms with Crippen LogP contribution in [-0.2, 0) is 0 Å². The monoisotopic (exact) mass is 233 g/mol. The van der Waals surface area contributed by atoms with E-state index in [0.717, 1.165) is 30.8 Å². The summed E-state index contributed by atoms with van der Waals surface area (Å²) in [5, 5.41) is 9.16.